The highest BCUT2D eigenvalue weighted by Gasteiger charge is 2.22. The van der Waals surface area contributed by atoms with Gasteiger partial charge in [-0.15, -0.1) is 11.3 Å². The first-order chi connectivity index (χ1) is 9.17. The zero-order valence-corrected chi connectivity index (χ0v) is 11.3. The Bertz CT molecular complexity index is 585. The predicted molar refractivity (Wildman–Crippen MR) is 75.7 cm³/mol. The van der Waals surface area contributed by atoms with E-state index in [1.54, 1.807) is 11.6 Å². The van der Waals surface area contributed by atoms with Crippen LogP contribution in [0.5, 0.6) is 0 Å². The van der Waals surface area contributed by atoms with Gasteiger partial charge in [-0.25, -0.2) is 4.98 Å². The van der Waals surface area contributed by atoms with E-state index in [4.69, 9.17) is 5.11 Å². The normalized spacial score (nSPS) is 12.5. The zero-order valence-electron chi connectivity index (χ0n) is 10.5. The molecule has 1 aromatic carbocycles. The third kappa shape index (κ3) is 2.82. The van der Waals surface area contributed by atoms with Crippen molar-refractivity contribution in [3.8, 4) is 0 Å². The molecule has 2 rings (SSSR count). The van der Waals surface area contributed by atoms with Gasteiger partial charge >= 0.3 is 5.69 Å². The van der Waals surface area contributed by atoms with Crippen molar-refractivity contribution in [2.75, 3.05) is 11.9 Å². The van der Waals surface area contributed by atoms with Crippen molar-refractivity contribution in [3.63, 3.8) is 0 Å². The molecule has 1 unspecified atom stereocenters. The molecule has 2 aromatic rings. The van der Waals surface area contributed by atoms with Gasteiger partial charge in [0, 0.05) is 12.6 Å². The van der Waals surface area contributed by atoms with E-state index in [1.165, 1.54) is 11.3 Å². The number of fused-ring (bicyclic) bond motifs is 1. The van der Waals surface area contributed by atoms with Crippen molar-refractivity contribution in [1.29, 1.82) is 0 Å². The van der Waals surface area contributed by atoms with Crippen LogP contribution in [0.15, 0.2) is 17.6 Å². The maximum absolute atomic E-state index is 11.2. The molecule has 0 fully saturated rings. The molecule has 0 saturated carbocycles. The zero-order chi connectivity index (χ0) is 13.8. The molecule has 1 atom stereocenters. The molecule has 0 saturated heterocycles. The summed E-state index contributed by atoms with van der Waals surface area (Å²) in [6.45, 7) is 2.03. The number of nitrogens with one attached hydrogen (secondary N) is 1. The van der Waals surface area contributed by atoms with Crippen molar-refractivity contribution < 1.29 is 10.0 Å². The monoisotopic (exact) mass is 281 g/mol. The smallest absolute Gasteiger partial charge is 0.319 e. The Morgan fingerprint density at radius 2 is 2.37 bits per heavy atom. The second-order valence-electron chi connectivity index (χ2n) is 4.18. The minimum Gasteiger partial charge on any atom is -0.396 e. The number of aliphatic hydroxyl groups excluding tert-OH is 1. The van der Waals surface area contributed by atoms with Crippen molar-refractivity contribution in [2.24, 2.45) is 0 Å². The molecule has 0 radical (unpaired) electrons. The van der Waals surface area contributed by atoms with Gasteiger partial charge in [-0.2, -0.15) is 0 Å². The number of hydrogen-bond donors (Lipinski definition) is 2. The van der Waals surface area contributed by atoms with E-state index in [-0.39, 0.29) is 18.3 Å². The second-order valence-corrected chi connectivity index (χ2v) is 5.07. The van der Waals surface area contributed by atoms with Gasteiger partial charge in [0.1, 0.15) is 5.69 Å². The number of nitro benzene ring substituents is 1. The van der Waals surface area contributed by atoms with E-state index >= 15 is 0 Å². The number of rotatable bonds is 6. The molecule has 7 heteroatoms. The Labute approximate surface area is 114 Å². The Balaban J connectivity index is 2.41. The number of thiazole rings is 1. The highest BCUT2D eigenvalue weighted by atomic mass is 32.1. The number of benzene rings is 1. The summed E-state index contributed by atoms with van der Waals surface area (Å²) in [7, 11) is 0. The number of nitrogens with zero attached hydrogens (tertiary/aromatic N) is 2. The van der Waals surface area contributed by atoms with Crippen LogP contribution in [-0.4, -0.2) is 27.7 Å². The minimum atomic E-state index is -0.407. The lowest BCUT2D eigenvalue weighted by molar-refractivity contribution is -0.382. The lowest BCUT2D eigenvalue weighted by atomic mass is 10.1. The fourth-order valence-corrected chi connectivity index (χ4v) is 2.65. The van der Waals surface area contributed by atoms with Crippen LogP contribution in [-0.2, 0) is 0 Å². The summed E-state index contributed by atoms with van der Waals surface area (Å²) < 4.78 is 0.799. The van der Waals surface area contributed by atoms with Crippen molar-refractivity contribution in [3.05, 3.63) is 27.8 Å². The summed E-state index contributed by atoms with van der Waals surface area (Å²) in [5.41, 5.74) is 2.49. The van der Waals surface area contributed by atoms with Crippen LogP contribution in [0.4, 0.5) is 11.4 Å². The lowest BCUT2D eigenvalue weighted by Crippen LogP contribution is -2.20. The van der Waals surface area contributed by atoms with Crippen molar-refractivity contribution in [2.45, 2.75) is 25.8 Å². The number of aliphatic hydroxyl groups is 1. The number of nitro groups is 1. The molecule has 0 aliphatic rings. The van der Waals surface area contributed by atoms with E-state index < -0.39 is 4.92 Å². The maximum Gasteiger partial charge on any atom is 0.319 e. The van der Waals surface area contributed by atoms with Crippen LogP contribution >= 0.6 is 11.3 Å². The fraction of sp³-hybridized carbons (Fsp3) is 0.417. The van der Waals surface area contributed by atoms with Gasteiger partial charge in [0.2, 0.25) is 0 Å². The van der Waals surface area contributed by atoms with E-state index in [9.17, 15) is 10.1 Å². The Hall–Kier alpha value is -1.73. The van der Waals surface area contributed by atoms with Gasteiger partial charge in [0.15, 0.2) is 5.52 Å². The van der Waals surface area contributed by atoms with Gasteiger partial charge in [0.25, 0.3) is 0 Å². The number of aromatic nitrogens is 1. The summed E-state index contributed by atoms with van der Waals surface area (Å²) in [5.74, 6) is 0. The molecular formula is C12H15N3O3S. The first-order valence-electron chi connectivity index (χ1n) is 6.05. The topological polar surface area (TPSA) is 88.3 Å². The van der Waals surface area contributed by atoms with Crippen LogP contribution in [0.25, 0.3) is 10.2 Å². The van der Waals surface area contributed by atoms with Crippen LogP contribution in [0.3, 0.4) is 0 Å². The molecule has 102 valence electrons. The number of hydrogen-bond acceptors (Lipinski definition) is 6. The summed E-state index contributed by atoms with van der Waals surface area (Å²) in [4.78, 5) is 14.9. The van der Waals surface area contributed by atoms with E-state index in [0.717, 1.165) is 11.1 Å². The Kier molecular flexibility index (Phi) is 4.28. The van der Waals surface area contributed by atoms with Crippen LogP contribution in [0.1, 0.15) is 19.8 Å². The predicted octanol–water partition coefficient (Wildman–Crippen LogP) is 2.78. The number of anilines is 1. The third-order valence-electron chi connectivity index (χ3n) is 2.99. The minimum absolute atomic E-state index is 0.00939. The maximum atomic E-state index is 11.2. The summed E-state index contributed by atoms with van der Waals surface area (Å²) in [6.07, 6.45) is 1.34. The fourth-order valence-electron chi connectivity index (χ4n) is 1.97. The molecule has 0 aliphatic heterocycles. The third-order valence-corrected chi connectivity index (χ3v) is 3.78. The highest BCUT2D eigenvalue weighted by molar-refractivity contribution is 7.16. The Morgan fingerprint density at radius 3 is 3.00 bits per heavy atom. The van der Waals surface area contributed by atoms with E-state index in [0.29, 0.717) is 17.6 Å². The Morgan fingerprint density at radius 1 is 1.58 bits per heavy atom. The van der Waals surface area contributed by atoms with Gasteiger partial charge in [-0.05, 0) is 25.0 Å². The molecule has 0 bridgehead atoms. The molecule has 2 N–H and O–H groups in total. The average Bonchev–Trinajstić information content (AvgIpc) is 2.85. The summed E-state index contributed by atoms with van der Waals surface area (Å²) in [5, 5.41) is 23.3. The molecule has 0 aliphatic carbocycles. The molecule has 0 spiro atoms. The lowest BCUT2D eigenvalue weighted by Gasteiger charge is -2.17. The second kappa shape index (κ2) is 5.94. The summed E-state index contributed by atoms with van der Waals surface area (Å²) in [6, 6.07) is 3.55. The molecule has 1 aromatic heterocycles. The first-order valence-corrected chi connectivity index (χ1v) is 6.93. The molecule has 6 nitrogen and oxygen atoms in total. The SMILES string of the molecule is CCC(CCO)Nc1ccc2scnc2c1[N+](=O)[O-]. The van der Waals surface area contributed by atoms with Crippen LogP contribution < -0.4 is 5.32 Å². The molecule has 1 heterocycles. The van der Waals surface area contributed by atoms with Gasteiger partial charge in [0.05, 0.1) is 15.1 Å². The van der Waals surface area contributed by atoms with E-state index in [1.807, 2.05) is 13.0 Å². The van der Waals surface area contributed by atoms with E-state index in [2.05, 4.69) is 10.3 Å². The van der Waals surface area contributed by atoms with Crippen molar-refractivity contribution in [1.82, 2.24) is 4.98 Å². The molecular weight excluding hydrogens is 266 g/mol. The first kappa shape index (κ1) is 13.7. The molecule has 19 heavy (non-hydrogen) atoms. The van der Waals surface area contributed by atoms with Crippen LogP contribution in [0.2, 0.25) is 0 Å². The molecule has 0 amide bonds. The van der Waals surface area contributed by atoms with Crippen LogP contribution in [0, 0.1) is 10.1 Å². The highest BCUT2D eigenvalue weighted by Crippen LogP contribution is 2.34. The van der Waals surface area contributed by atoms with Crippen molar-refractivity contribution >= 4 is 32.9 Å². The van der Waals surface area contributed by atoms with Gasteiger partial charge in [-0.1, -0.05) is 6.92 Å². The average molecular weight is 281 g/mol. The quantitative estimate of drug-likeness (QED) is 0.628. The van der Waals surface area contributed by atoms with Gasteiger partial charge in [-0.3, -0.25) is 10.1 Å². The van der Waals surface area contributed by atoms with Gasteiger partial charge < -0.3 is 10.4 Å². The standard InChI is InChI=1S/C12H15N3O3S/c1-2-8(5-6-16)14-9-3-4-10-11(13-7-19-10)12(9)15(17)18/h3-4,7-8,14,16H,2,5-6H2,1H3. The largest absolute Gasteiger partial charge is 0.396 e. The summed E-state index contributed by atoms with van der Waals surface area (Å²) >= 11 is 1.38.